The van der Waals surface area contributed by atoms with E-state index in [0.29, 0.717) is 26.4 Å². The van der Waals surface area contributed by atoms with Gasteiger partial charge in [-0.1, -0.05) is 128 Å². The Labute approximate surface area is 236 Å². The Balaban J connectivity index is 1.35. The average molecular weight is 541 g/mol. The van der Waals surface area contributed by atoms with Crippen LogP contribution in [0.2, 0.25) is 0 Å². The molecule has 1 aliphatic heterocycles. The van der Waals surface area contributed by atoms with Crippen LogP contribution in [-0.2, 0) is 38.8 Å². The fraction of sp³-hybridized carbons (Fsp3) is 0.294. The molecular formula is C34H36O4S. The van der Waals surface area contributed by atoms with Crippen LogP contribution in [0.5, 0.6) is 0 Å². The highest BCUT2D eigenvalue weighted by molar-refractivity contribution is 7.99. The van der Waals surface area contributed by atoms with Crippen molar-refractivity contribution in [2.45, 2.75) is 55.4 Å². The standard InChI is InChI=1S/C34H36O4S/c1-26-32(36-23-28-16-8-3-9-17-28)31(25-35-22-27-14-6-2-7-15-27)38-34(39-30-20-12-5-13-21-30)33(26)37-24-29-18-10-4-11-19-29/h2-21,26,31-34H,22-25H2,1H3/t26-,31?,32+,33?,34-/m0/s1. The van der Waals surface area contributed by atoms with E-state index in [1.165, 1.54) is 0 Å². The molecule has 39 heavy (non-hydrogen) atoms. The highest BCUT2D eigenvalue weighted by Crippen LogP contribution is 2.39. The lowest BCUT2D eigenvalue weighted by Crippen LogP contribution is -2.55. The lowest BCUT2D eigenvalue weighted by molar-refractivity contribution is -0.217. The normalized spacial score (nSPS) is 22.9. The van der Waals surface area contributed by atoms with Gasteiger partial charge >= 0.3 is 0 Å². The zero-order valence-electron chi connectivity index (χ0n) is 22.3. The fourth-order valence-corrected chi connectivity index (χ4v) is 6.09. The van der Waals surface area contributed by atoms with Gasteiger partial charge in [0.25, 0.3) is 0 Å². The number of thioether (sulfide) groups is 1. The third-order valence-electron chi connectivity index (χ3n) is 6.94. The average Bonchev–Trinajstić information content (AvgIpc) is 2.99. The van der Waals surface area contributed by atoms with Crippen molar-refractivity contribution in [3.8, 4) is 0 Å². The number of hydrogen-bond donors (Lipinski definition) is 0. The van der Waals surface area contributed by atoms with Gasteiger partial charge in [-0.25, -0.2) is 0 Å². The monoisotopic (exact) mass is 540 g/mol. The van der Waals surface area contributed by atoms with E-state index in [4.69, 9.17) is 18.9 Å². The Hall–Kier alpha value is -2.93. The lowest BCUT2D eigenvalue weighted by Gasteiger charge is -2.45. The summed E-state index contributed by atoms with van der Waals surface area (Å²) in [7, 11) is 0. The Morgan fingerprint density at radius 2 is 1.05 bits per heavy atom. The molecule has 4 nitrogen and oxygen atoms in total. The maximum absolute atomic E-state index is 6.79. The molecule has 1 aliphatic rings. The molecular weight excluding hydrogens is 504 g/mol. The first-order valence-corrected chi connectivity index (χ1v) is 14.4. The van der Waals surface area contributed by atoms with Crippen molar-refractivity contribution >= 4 is 11.8 Å². The van der Waals surface area contributed by atoms with Crippen molar-refractivity contribution in [1.29, 1.82) is 0 Å². The van der Waals surface area contributed by atoms with Crippen LogP contribution in [0, 0.1) is 5.92 Å². The van der Waals surface area contributed by atoms with Gasteiger partial charge in [-0.2, -0.15) is 0 Å². The van der Waals surface area contributed by atoms with Gasteiger partial charge in [0.1, 0.15) is 11.5 Å². The second-order valence-corrected chi connectivity index (χ2v) is 11.0. The Morgan fingerprint density at radius 3 is 1.59 bits per heavy atom. The highest BCUT2D eigenvalue weighted by Gasteiger charge is 2.45. The Kier molecular flexibility index (Phi) is 10.2. The third-order valence-corrected chi connectivity index (χ3v) is 8.10. The predicted molar refractivity (Wildman–Crippen MR) is 156 cm³/mol. The molecule has 0 aliphatic carbocycles. The van der Waals surface area contributed by atoms with Gasteiger partial charge in [0.2, 0.25) is 0 Å². The summed E-state index contributed by atoms with van der Waals surface area (Å²) in [4.78, 5) is 1.15. The molecule has 0 amide bonds. The molecule has 0 bridgehead atoms. The van der Waals surface area contributed by atoms with Crippen LogP contribution in [0.15, 0.2) is 126 Å². The predicted octanol–water partition coefficient (Wildman–Crippen LogP) is 7.53. The number of benzene rings is 4. The minimum Gasteiger partial charge on any atom is -0.374 e. The lowest BCUT2D eigenvalue weighted by atomic mass is 9.91. The molecule has 0 N–H and O–H groups in total. The molecule has 0 spiro atoms. The first-order chi connectivity index (χ1) is 19.3. The van der Waals surface area contributed by atoms with E-state index in [2.05, 4.69) is 67.6 Å². The summed E-state index contributed by atoms with van der Waals surface area (Å²) in [5.74, 6) is 0.0812. The first kappa shape index (κ1) is 27.6. The van der Waals surface area contributed by atoms with E-state index in [1.807, 2.05) is 60.7 Å². The van der Waals surface area contributed by atoms with Crippen molar-refractivity contribution in [2.75, 3.05) is 6.61 Å². The third kappa shape index (κ3) is 8.04. The van der Waals surface area contributed by atoms with Crippen molar-refractivity contribution in [3.63, 3.8) is 0 Å². The van der Waals surface area contributed by atoms with Gasteiger partial charge in [0, 0.05) is 10.8 Å². The van der Waals surface area contributed by atoms with Crippen LogP contribution in [0.25, 0.3) is 0 Å². The Bertz CT molecular complexity index is 1220. The molecule has 1 heterocycles. The molecule has 1 saturated heterocycles. The number of hydrogen-bond acceptors (Lipinski definition) is 5. The minimum absolute atomic E-state index is 0.0812. The van der Waals surface area contributed by atoms with Crippen molar-refractivity contribution in [2.24, 2.45) is 5.92 Å². The van der Waals surface area contributed by atoms with Gasteiger partial charge in [-0.3, -0.25) is 0 Å². The van der Waals surface area contributed by atoms with E-state index in [1.54, 1.807) is 11.8 Å². The maximum Gasteiger partial charge on any atom is 0.134 e. The van der Waals surface area contributed by atoms with Crippen molar-refractivity contribution < 1.29 is 18.9 Å². The first-order valence-electron chi connectivity index (χ1n) is 13.6. The summed E-state index contributed by atoms with van der Waals surface area (Å²) in [6, 6.07) is 41.2. The molecule has 1 fully saturated rings. The molecule has 2 unspecified atom stereocenters. The largest absolute Gasteiger partial charge is 0.374 e. The minimum atomic E-state index is -0.231. The van der Waals surface area contributed by atoms with Crippen LogP contribution in [0.1, 0.15) is 23.6 Å². The highest BCUT2D eigenvalue weighted by atomic mass is 32.2. The van der Waals surface area contributed by atoms with Crippen molar-refractivity contribution in [3.05, 3.63) is 138 Å². The van der Waals surface area contributed by atoms with Crippen LogP contribution >= 0.6 is 11.8 Å². The SMILES string of the molecule is C[C@@H]1C(OCc2ccccc2)[C@H](Sc2ccccc2)OC(COCc2ccccc2)[C@@H]1OCc1ccccc1. The van der Waals surface area contributed by atoms with Crippen LogP contribution in [-0.4, -0.2) is 30.4 Å². The summed E-state index contributed by atoms with van der Waals surface area (Å²) in [6.07, 6.45) is -0.582. The van der Waals surface area contributed by atoms with E-state index in [0.717, 1.165) is 21.6 Å². The summed E-state index contributed by atoms with van der Waals surface area (Å²) in [5.41, 5.74) is 3.22. The Morgan fingerprint density at radius 1 is 0.590 bits per heavy atom. The second kappa shape index (κ2) is 14.5. The molecule has 5 atom stereocenters. The van der Waals surface area contributed by atoms with Crippen LogP contribution < -0.4 is 0 Å². The summed E-state index contributed by atoms with van der Waals surface area (Å²) < 4.78 is 26.2. The summed E-state index contributed by atoms with van der Waals surface area (Å²) >= 11 is 1.70. The van der Waals surface area contributed by atoms with E-state index in [-0.39, 0.29) is 29.7 Å². The molecule has 5 rings (SSSR count). The molecule has 4 aromatic rings. The molecule has 0 saturated carbocycles. The molecule has 5 heteroatoms. The van der Waals surface area contributed by atoms with E-state index in [9.17, 15) is 0 Å². The molecule has 202 valence electrons. The van der Waals surface area contributed by atoms with Gasteiger partial charge in [-0.05, 0) is 28.8 Å². The molecule has 0 aromatic heterocycles. The van der Waals surface area contributed by atoms with Crippen LogP contribution in [0.3, 0.4) is 0 Å². The number of ether oxygens (including phenoxy) is 4. The summed E-state index contributed by atoms with van der Waals surface area (Å²) in [6.45, 7) is 4.22. The maximum atomic E-state index is 6.79. The smallest absolute Gasteiger partial charge is 0.134 e. The second-order valence-electron chi connectivity index (χ2n) is 9.86. The van der Waals surface area contributed by atoms with E-state index < -0.39 is 0 Å². The van der Waals surface area contributed by atoms with Crippen LogP contribution in [0.4, 0.5) is 0 Å². The van der Waals surface area contributed by atoms with Gasteiger partial charge in [-0.15, -0.1) is 0 Å². The molecule has 0 radical (unpaired) electrons. The summed E-state index contributed by atoms with van der Waals surface area (Å²) in [5, 5.41) is 0. The fourth-order valence-electron chi connectivity index (χ4n) is 4.85. The quantitative estimate of drug-likeness (QED) is 0.186. The van der Waals surface area contributed by atoms with Gasteiger partial charge in [0.15, 0.2) is 0 Å². The topological polar surface area (TPSA) is 36.9 Å². The number of rotatable bonds is 12. The van der Waals surface area contributed by atoms with Crippen molar-refractivity contribution in [1.82, 2.24) is 0 Å². The van der Waals surface area contributed by atoms with Gasteiger partial charge < -0.3 is 18.9 Å². The van der Waals surface area contributed by atoms with Gasteiger partial charge in [0.05, 0.1) is 38.6 Å². The van der Waals surface area contributed by atoms with E-state index >= 15 is 0 Å². The molecule has 4 aromatic carbocycles. The zero-order valence-corrected chi connectivity index (χ0v) is 23.1. The zero-order chi connectivity index (χ0) is 26.7.